The van der Waals surface area contributed by atoms with Gasteiger partial charge in [0.1, 0.15) is 4.90 Å². The molecule has 1 aromatic heterocycles. The molecule has 1 aliphatic carbocycles. The van der Waals surface area contributed by atoms with Crippen molar-refractivity contribution >= 4 is 50.5 Å². The van der Waals surface area contributed by atoms with Crippen LogP contribution in [0.3, 0.4) is 0 Å². The molecule has 0 unspecified atom stereocenters. The first-order valence-corrected chi connectivity index (χ1v) is 13.6. The van der Waals surface area contributed by atoms with Gasteiger partial charge in [0.2, 0.25) is 15.9 Å². The van der Waals surface area contributed by atoms with E-state index in [0.717, 1.165) is 15.3 Å². The molecular weight excluding hydrogens is 499 g/mol. The first-order chi connectivity index (χ1) is 15.7. The molecule has 0 radical (unpaired) electrons. The summed E-state index contributed by atoms with van der Waals surface area (Å²) in [4.78, 5) is 17.4. The van der Waals surface area contributed by atoms with Crippen molar-refractivity contribution in [2.45, 2.75) is 43.8 Å². The predicted octanol–water partition coefficient (Wildman–Crippen LogP) is 5.75. The second-order valence-corrected chi connectivity index (χ2v) is 12.2. The molecule has 1 aliphatic rings. The zero-order chi connectivity index (χ0) is 23.6. The standard InChI is InChI=1S/C24H24Cl2N2O3S2/c1-17-7-11-21(32-17)15-27(14-18-5-3-2-4-6-18)24(29)16-28(20-9-10-20)33(30,31)23-13-19(25)8-12-22(23)26/h2-8,11-13,20H,9-10,14-16H2,1H3. The molecule has 0 atom stereocenters. The summed E-state index contributed by atoms with van der Waals surface area (Å²) in [6.45, 7) is 2.59. The number of halogens is 2. The van der Waals surface area contributed by atoms with Crippen molar-refractivity contribution in [3.63, 3.8) is 0 Å². The summed E-state index contributed by atoms with van der Waals surface area (Å²) in [6.07, 6.45) is 1.43. The van der Waals surface area contributed by atoms with Gasteiger partial charge < -0.3 is 4.90 Å². The van der Waals surface area contributed by atoms with E-state index in [-0.39, 0.29) is 33.4 Å². The lowest BCUT2D eigenvalue weighted by Crippen LogP contribution is -2.43. The maximum absolute atomic E-state index is 13.5. The van der Waals surface area contributed by atoms with Gasteiger partial charge in [0.25, 0.3) is 0 Å². The Balaban J connectivity index is 1.61. The van der Waals surface area contributed by atoms with Crippen molar-refractivity contribution in [1.29, 1.82) is 0 Å². The summed E-state index contributed by atoms with van der Waals surface area (Å²) < 4.78 is 28.2. The number of nitrogens with zero attached hydrogens (tertiary/aromatic N) is 2. The number of benzene rings is 2. The van der Waals surface area contributed by atoms with Gasteiger partial charge in [0, 0.05) is 27.4 Å². The first kappa shape index (κ1) is 24.2. The Morgan fingerprint density at radius 2 is 1.76 bits per heavy atom. The van der Waals surface area contributed by atoms with E-state index in [2.05, 4.69) is 0 Å². The molecule has 1 saturated carbocycles. The minimum absolute atomic E-state index is 0.0696. The fourth-order valence-corrected chi connectivity index (χ4v) is 6.88. The number of hydrogen-bond acceptors (Lipinski definition) is 4. The molecule has 1 fully saturated rings. The van der Waals surface area contributed by atoms with Crippen LogP contribution in [-0.4, -0.2) is 36.1 Å². The van der Waals surface area contributed by atoms with Gasteiger partial charge in [-0.1, -0.05) is 53.5 Å². The summed E-state index contributed by atoms with van der Waals surface area (Å²) in [6, 6.07) is 17.9. The summed E-state index contributed by atoms with van der Waals surface area (Å²) in [5, 5.41) is 0.367. The third kappa shape index (κ3) is 5.97. The van der Waals surface area contributed by atoms with Crippen LogP contribution in [0, 0.1) is 6.92 Å². The second-order valence-electron chi connectivity index (χ2n) is 8.10. The zero-order valence-electron chi connectivity index (χ0n) is 18.1. The highest BCUT2D eigenvalue weighted by Gasteiger charge is 2.41. The highest BCUT2D eigenvalue weighted by Crippen LogP contribution is 2.35. The third-order valence-electron chi connectivity index (χ3n) is 5.44. The van der Waals surface area contributed by atoms with Crippen LogP contribution in [-0.2, 0) is 27.9 Å². The molecule has 1 heterocycles. The Kier molecular flexibility index (Phi) is 7.46. The van der Waals surface area contributed by atoms with Gasteiger partial charge in [-0.3, -0.25) is 4.79 Å². The summed E-state index contributed by atoms with van der Waals surface area (Å²) in [5.41, 5.74) is 0.984. The average molecular weight is 524 g/mol. The Labute approximate surface area is 208 Å². The molecule has 1 amide bonds. The molecule has 0 saturated heterocycles. The predicted molar refractivity (Wildman–Crippen MR) is 133 cm³/mol. The topological polar surface area (TPSA) is 57.7 Å². The van der Waals surface area contributed by atoms with Gasteiger partial charge in [-0.05, 0) is 55.7 Å². The lowest BCUT2D eigenvalue weighted by Gasteiger charge is -2.27. The lowest BCUT2D eigenvalue weighted by molar-refractivity contribution is -0.132. The first-order valence-electron chi connectivity index (χ1n) is 10.6. The molecule has 0 bridgehead atoms. The van der Waals surface area contributed by atoms with Gasteiger partial charge in [-0.25, -0.2) is 8.42 Å². The number of thiophene rings is 1. The van der Waals surface area contributed by atoms with Gasteiger partial charge in [0.15, 0.2) is 0 Å². The summed E-state index contributed by atoms with van der Waals surface area (Å²) in [5.74, 6) is -0.251. The van der Waals surface area contributed by atoms with Crippen molar-refractivity contribution in [1.82, 2.24) is 9.21 Å². The largest absolute Gasteiger partial charge is 0.332 e. The van der Waals surface area contributed by atoms with Crippen LogP contribution in [0.25, 0.3) is 0 Å². The highest BCUT2D eigenvalue weighted by molar-refractivity contribution is 7.89. The normalized spacial score (nSPS) is 13.9. The number of sulfonamides is 1. The summed E-state index contributed by atoms with van der Waals surface area (Å²) >= 11 is 13.9. The quantitative estimate of drug-likeness (QED) is 0.359. The van der Waals surface area contributed by atoms with Crippen LogP contribution in [0.15, 0.2) is 65.6 Å². The van der Waals surface area contributed by atoms with Gasteiger partial charge in [0.05, 0.1) is 18.1 Å². The minimum atomic E-state index is -3.99. The second kappa shape index (κ2) is 10.2. The number of carbonyl (C=O) groups is 1. The van der Waals surface area contributed by atoms with E-state index in [4.69, 9.17) is 23.2 Å². The Morgan fingerprint density at radius 1 is 1.03 bits per heavy atom. The smallest absolute Gasteiger partial charge is 0.245 e. The van der Waals surface area contributed by atoms with Crippen LogP contribution in [0.4, 0.5) is 0 Å². The summed E-state index contributed by atoms with van der Waals surface area (Å²) in [7, 11) is -3.99. The van der Waals surface area contributed by atoms with E-state index in [1.807, 2.05) is 49.4 Å². The lowest BCUT2D eigenvalue weighted by atomic mass is 10.2. The van der Waals surface area contributed by atoms with Gasteiger partial charge in [-0.2, -0.15) is 4.31 Å². The molecule has 3 aromatic rings. The molecule has 0 aliphatic heterocycles. The molecular formula is C24H24Cl2N2O3S2. The molecule has 33 heavy (non-hydrogen) atoms. The van der Waals surface area contributed by atoms with E-state index in [1.54, 1.807) is 22.3 Å². The van der Waals surface area contributed by atoms with Crippen LogP contribution >= 0.6 is 34.5 Å². The van der Waals surface area contributed by atoms with Gasteiger partial charge >= 0.3 is 0 Å². The highest BCUT2D eigenvalue weighted by atomic mass is 35.5. The molecule has 174 valence electrons. The molecule has 4 rings (SSSR count). The fraction of sp³-hybridized carbons (Fsp3) is 0.292. The molecule has 0 N–H and O–H groups in total. The van der Waals surface area contributed by atoms with Crippen molar-refractivity contribution < 1.29 is 13.2 Å². The Morgan fingerprint density at radius 3 is 2.39 bits per heavy atom. The number of aryl methyl sites for hydroxylation is 1. The number of amides is 1. The van der Waals surface area contributed by atoms with E-state index in [0.29, 0.717) is 25.9 Å². The molecule has 2 aromatic carbocycles. The molecule has 9 heteroatoms. The average Bonchev–Trinajstić information content (AvgIpc) is 3.54. The van der Waals surface area contributed by atoms with Crippen molar-refractivity contribution in [3.8, 4) is 0 Å². The van der Waals surface area contributed by atoms with Crippen molar-refractivity contribution in [3.05, 3.63) is 86.0 Å². The molecule has 0 spiro atoms. The molecule has 5 nitrogen and oxygen atoms in total. The maximum Gasteiger partial charge on any atom is 0.245 e. The van der Waals surface area contributed by atoms with Crippen LogP contribution in [0.2, 0.25) is 10.0 Å². The van der Waals surface area contributed by atoms with E-state index < -0.39 is 10.0 Å². The fourth-order valence-electron chi connectivity index (χ4n) is 3.60. The van der Waals surface area contributed by atoms with Crippen LogP contribution in [0.5, 0.6) is 0 Å². The van der Waals surface area contributed by atoms with E-state index in [9.17, 15) is 13.2 Å². The van der Waals surface area contributed by atoms with Crippen molar-refractivity contribution in [2.75, 3.05) is 6.54 Å². The number of rotatable bonds is 9. The monoisotopic (exact) mass is 522 g/mol. The maximum atomic E-state index is 13.5. The SMILES string of the molecule is Cc1ccc(CN(Cc2ccccc2)C(=O)CN(C2CC2)S(=O)(=O)c2cc(Cl)ccc2Cl)s1. The Bertz CT molecular complexity index is 1240. The van der Waals surface area contributed by atoms with E-state index >= 15 is 0 Å². The number of hydrogen-bond donors (Lipinski definition) is 0. The van der Waals surface area contributed by atoms with E-state index in [1.165, 1.54) is 16.4 Å². The van der Waals surface area contributed by atoms with Gasteiger partial charge in [-0.15, -0.1) is 11.3 Å². The minimum Gasteiger partial charge on any atom is -0.332 e. The van der Waals surface area contributed by atoms with Crippen molar-refractivity contribution in [2.24, 2.45) is 0 Å². The third-order valence-corrected chi connectivity index (χ3v) is 9.04. The van der Waals surface area contributed by atoms with Crippen LogP contribution in [0.1, 0.15) is 28.2 Å². The Hall–Kier alpha value is -1.90. The zero-order valence-corrected chi connectivity index (χ0v) is 21.2. The van der Waals surface area contributed by atoms with Crippen LogP contribution < -0.4 is 0 Å². The number of carbonyl (C=O) groups excluding carboxylic acids is 1.